The Morgan fingerprint density at radius 1 is 0.667 bits per heavy atom. The van der Waals surface area contributed by atoms with Gasteiger partial charge in [0.25, 0.3) is 0 Å². The Bertz CT molecular complexity index is 932. The highest BCUT2D eigenvalue weighted by Gasteiger charge is 2.26. The van der Waals surface area contributed by atoms with Crippen LogP contribution in [0.1, 0.15) is 29.5 Å². The lowest BCUT2D eigenvalue weighted by molar-refractivity contribution is 0.248. The molecule has 2 heteroatoms. The molecule has 3 aromatic rings. The predicted molar refractivity (Wildman–Crippen MR) is 110 cm³/mol. The molecule has 0 aromatic heterocycles. The van der Waals surface area contributed by atoms with E-state index in [0.717, 1.165) is 44.0 Å². The van der Waals surface area contributed by atoms with Crippen molar-refractivity contribution >= 4 is 5.57 Å². The van der Waals surface area contributed by atoms with Crippen molar-refractivity contribution in [2.75, 3.05) is 13.1 Å². The number of benzene rings is 3. The minimum atomic E-state index is 0.977. The molecular formula is C25H23NO. The van der Waals surface area contributed by atoms with Gasteiger partial charge in [0.15, 0.2) is 0 Å². The summed E-state index contributed by atoms with van der Waals surface area (Å²) < 4.78 is 6.15. The zero-order valence-corrected chi connectivity index (χ0v) is 15.4. The summed E-state index contributed by atoms with van der Waals surface area (Å²) >= 11 is 0. The van der Waals surface area contributed by atoms with E-state index in [2.05, 4.69) is 83.8 Å². The van der Waals surface area contributed by atoms with Crippen molar-refractivity contribution in [3.05, 3.63) is 101 Å². The van der Waals surface area contributed by atoms with Crippen molar-refractivity contribution in [3.63, 3.8) is 0 Å². The summed E-state index contributed by atoms with van der Waals surface area (Å²) in [5, 5.41) is 0. The smallest absolute Gasteiger partial charge is 0.135 e. The van der Waals surface area contributed by atoms with Crippen LogP contribution >= 0.6 is 0 Å². The SMILES string of the molecule is c1ccc(CN2CCC(=C3c4ccccc4Oc4ccccc43)CC2)cc1. The lowest BCUT2D eigenvalue weighted by Gasteiger charge is -2.32. The topological polar surface area (TPSA) is 12.5 Å². The average molecular weight is 353 g/mol. The van der Waals surface area contributed by atoms with Gasteiger partial charge in [-0.25, -0.2) is 0 Å². The second kappa shape index (κ2) is 7.05. The molecule has 0 amide bonds. The molecule has 0 spiro atoms. The second-order valence-corrected chi connectivity index (χ2v) is 7.33. The fourth-order valence-corrected chi connectivity index (χ4v) is 4.24. The normalized spacial score (nSPS) is 16.4. The third-order valence-corrected chi connectivity index (χ3v) is 5.59. The van der Waals surface area contributed by atoms with Crippen molar-refractivity contribution in [1.82, 2.24) is 4.90 Å². The van der Waals surface area contributed by atoms with Crippen LogP contribution < -0.4 is 4.74 Å². The van der Waals surface area contributed by atoms with Crippen LogP contribution in [-0.4, -0.2) is 18.0 Å². The number of hydrogen-bond donors (Lipinski definition) is 0. The third-order valence-electron chi connectivity index (χ3n) is 5.59. The number of nitrogens with zero attached hydrogens (tertiary/aromatic N) is 1. The fourth-order valence-electron chi connectivity index (χ4n) is 4.24. The van der Waals surface area contributed by atoms with E-state index in [1.807, 2.05) is 0 Å². The first-order chi connectivity index (χ1) is 13.4. The Kier molecular flexibility index (Phi) is 4.27. The van der Waals surface area contributed by atoms with Crippen LogP contribution in [0.5, 0.6) is 11.5 Å². The Labute approximate surface area is 160 Å². The molecule has 27 heavy (non-hydrogen) atoms. The van der Waals surface area contributed by atoms with E-state index in [1.54, 1.807) is 5.57 Å². The summed E-state index contributed by atoms with van der Waals surface area (Å²) in [6.45, 7) is 3.26. The number of ether oxygens (including phenoxy) is 1. The lowest BCUT2D eigenvalue weighted by Crippen LogP contribution is -2.30. The highest BCUT2D eigenvalue weighted by molar-refractivity contribution is 5.89. The van der Waals surface area contributed by atoms with Gasteiger partial charge in [-0.15, -0.1) is 0 Å². The standard InChI is InChI=1S/C25H23NO/c1-2-8-19(9-3-1)18-26-16-14-20(15-17-26)25-21-10-4-6-12-23(21)27-24-13-7-5-11-22(24)25/h1-13H,14-18H2. The average Bonchev–Trinajstić information content (AvgIpc) is 2.73. The van der Waals surface area contributed by atoms with E-state index in [9.17, 15) is 0 Å². The molecule has 2 aliphatic rings. The molecule has 134 valence electrons. The molecule has 2 heterocycles. The molecule has 3 aromatic carbocycles. The molecular weight excluding hydrogens is 330 g/mol. The molecule has 0 N–H and O–H groups in total. The van der Waals surface area contributed by atoms with Crippen LogP contribution in [0, 0.1) is 0 Å². The van der Waals surface area contributed by atoms with E-state index >= 15 is 0 Å². The fraction of sp³-hybridized carbons (Fsp3) is 0.200. The molecule has 0 saturated carbocycles. The first-order valence-electron chi connectivity index (χ1n) is 9.73. The van der Waals surface area contributed by atoms with Gasteiger partial charge in [0.05, 0.1) is 0 Å². The van der Waals surface area contributed by atoms with Gasteiger partial charge < -0.3 is 4.74 Å². The molecule has 0 aliphatic carbocycles. The Morgan fingerprint density at radius 2 is 1.22 bits per heavy atom. The van der Waals surface area contributed by atoms with E-state index in [1.165, 1.54) is 22.3 Å². The Balaban J connectivity index is 1.45. The zero-order chi connectivity index (χ0) is 18.1. The Morgan fingerprint density at radius 3 is 1.85 bits per heavy atom. The highest BCUT2D eigenvalue weighted by atomic mass is 16.5. The maximum atomic E-state index is 6.15. The van der Waals surface area contributed by atoms with E-state index in [-0.39, 0.29) is 0 Å². The largest absolute Gasteiger partial charge is 0.456 e. The molecule has 0 atom stereocenters. The van der Waals surface area contributed by atoms with Crippen molar-refractivity contribution in [2.24, 2.45) is 0 Å². The van der Waals surface area contributed by atoms with Crippen LogP contribution in [0.2, 0.25) is 0 Å². The molecule has 1 fully saturated rings. The van der Waals surface area contributed by atoms with Crippen molar-refractivity contribution in [2.45, 2.75) is 19.4 Å². The summed E-state index contributed by atoms with van der Waals surface area (Å²) in [5.41, 5.74) is 6.83. The minimum Gasteiger partial charge on any atom is -0.456 e. The van der Waals surface area contributed by atoms with E-state index < -0.39 is 0 Å². The van der Waals surface area contributed by atoms with Crippen LogP contribution in [0.4, 0.5) is 0 Å². The molecule has 2 aliphatic heterocycles. The minimum absolute atomic E-state index is 0.977. The first kappa shape index (κ1) is 16.3. The first-order valence-corrected chi connectivity index (χ1v) is 9.73. The van der Waals surface area contributed by atoms with E-state index in [0.29, 0.717) is 0 Å². The summed E-state index contributed by atoms with van der Waals surface area (Å²) in [6.07, 6.45) is 2.23. The van der Waals surface area contributed by atoms with Crippen molar-refractivity contribution < 1.29 is 4.74 Å². The van der Waals surface area contributed by atoms with Gasteiger partial charge in [-0.3, -0.25) is 4.90 Å². The van der Waals surface area contributed by atoms with Crippen LogP contribution in [-0.2, 0) is 6.54 Å². The van der Waals surface area contributed by atoms with Gasteiger partial charge in [0.1, 0.15) is 11.5 Å². The maximum absolute atomic E-state index is 6.15. The van der Waals surface area contributed by atoms with Gasteiger partial charge >= 0.3 is 0 Å². The quantitative estimate of drug-likeness (QED) is 0.445. The predicted octanol–water partition coefficient (Wildman–Crippen LogP) is 5.89. The zero-order valence-electron chi connectivity index (χ0n) is 15.4. The lowest BCUT2D eigenvalue weighted by atomic mass is 9.86. The summed E-state index contributed by atoms with van der Waals surface area (Å²) in [5.74, 6) is 1.95. The van der Waals surface area contributed by atoms with E-state index in [4.69, 9.17) is 4.74 Å². The number of likely N-dealkylation sites (tertiary alicyclic amines) is 1. The number of piperidine rings is 1. The van der Waals surface area contributed by atoms with Gasteiger partial charge in [-0.1, -0.05) is 72.3 Å². The van der Waals surface area contributed by atoms with Gasteiger partial charge in [-0.05, 0) is 36.1 Å². The summed E-state index contributed by atoms with van der Waals surface area (Å²) in [6, 6.07) is 27.7. The van der Waals surface area contributed by atoms with Crippen molar-refractivity contribution in [1.29, 1.82) is 0 Å². The number of fused-ring (bicyclic) bond motifs is 2. The number of para-hydroxylation sites is 2. The third kappa shape index (κ3) is 3.17. The summed E-state index contributed by atoms with van der Waals surface area (Å²) in [7, 11) is 0. The monoisotopic (exact) mass is 353 g/mol. The highest BCUT2D eigenvalue weighted by Crippen LogP contribution is 2.46. The van der Waals surface area contributed by atoms with Crippen LogP contribution in [0.3, 0.4) is 0 Å². The molecule has 5 rings (SSSR count). The second-order valence-electron chi connectivity index (χ2n) is 7.33. The number of hydrogen-bond acceptors (Lipinski definition) is 2. The maximum Gasteiger partial charge on any atom is 0.135 e. The summed E-state index contributed by atoms with van der Waals surface area (Å²) in [4.78, 5) is 2.57. The van der Waals surface area contributed by atoms with Gasteiger partial charge in [0, 0.05) is 30.8 Å². The molecule has 2 nitrogen and oxygen atoms in total. The van der Waals surface area contributed by atoms with Crippen molar-refractivity contribution in [3.8, 4) is 11.5 Å². The van der Waals surface area contributed by atoms with Gasteiger partial charge in [0.2, 0.25) is 0 Å². The molecule has 1 saturated heterocycles. The molecule has 0 bridgehead atoms. The Hall–Kier alpha value is -2.84. The van der Waals surface area contributed by atoms with Crippen LogP contribution in [0.15, 0.2) is 84.4 Å². The molecule has 0 unspecified atom stereocenters. The van der Waals surface area contributed by atoms with Gasteiger partial charge in [-0.2, -0.15) is 0 Å². The van der Waals surface area contributed by atoms with Crippen LogP contribution in [0.25, 0.3) is 5.57 Å². The number of rotatable bonds is 2. The molecule has 0 radical (unpaired) electrons.